The number of rotatable bonds is 4. The van der Waals surface area contributed by atoms with E-state index in [2.05, 4.69) is 145 Å². The van der Waals surface area contributed by atoms with Gasteiger partial charge in [-0.25, -0.2) is 0 Å². The van der Waals surface area contributed by atoms with Crippen LogP contribution in [0, 0.1) is 11.8 Å². The SMILES string of the molecule is C(#Cc1ccc(-c2ccc(-c3cccs3)s2)s1)c1ccc2c3c(ccc2c1)OC(c1ccccc1)(c1ccccc1)C=C3. The zero-order valence-corrected chi connectivity index (χ0v) is 25.4. The lowest BCUT2D eigenvalue weighted by atomic mass is 9.83. The highest BCUT2D eigenvalue weighted by atomic mass is 32.1. The molecule has 4 aromatic carbocycles. The highest BCUT2D eigenvalue weighted by Crippen LogP contribution is 2.44. The first-order valence-electron chi connectivity index (χ1n) is 14.1. The Kier molecular flexibility index (Phi) is 6.58. The maximum Gasteiger partial charge on any atom is 0.178 e. The largest absolute Gasteiger partial charge is 0.473 e. The van der Waals surface area contributed by atoms with Gasteiger partial charge in [0.05, 0.1) is 4.88 Å². The van der Waals surface area contributed by atoms with Gasteiger partial charge in [-0.3, -0.25) is 0 Å². The van der Waals surface area contributed by atoms with Crippen LogP contribution in [0.25, 0.3) is 36.4 Å². The van der Waals surface area contributed by atoms with Gasteiger partial charge in [0.25, 0.3) is 0 Å². The molecule has 43 heavy (non-hydrogen) atoms. The minimum absolute atomic E-state index is 0.678. The number of hydrogen-bond donors (Lipinski definition) is 0. The Morgan fingerprint density at radius 3 is 2.05 bits per heavy atom. The summed E-state index contributed by atoms with van der Waals surface area (Å²) in [4.78, 5) is 6.25. The van der Waals surface area contributed by atoms with Gasteiger partial charge >= 0.3 is 0 Å². The number of ether oxygens (including phenoxy) is 1. The van der Waals surface area contributed by atoms with E-state index in [1.54, 1.807) is 22.7 Å². The third-order valence-corrected chi connectivity index (χ3v) is 11.1. The van der Waals surface area contributed by atoms with Gasteiger partial charge in [-0.15, -0.1) is 34.0 Å². The van der Waals surface area contributed by atoms with Gasteiger partial charge in [-0.2, -0.15) is 0 Å². The fourth-order valence-corrected chi connectivity index (χ4v) is 8.41. The first-order chi connectivity index (χ1) is 21.2. The average Bonchev–Trinajstić information content (AvgIpc) is 3.87. The summed E-state index contributed by atoms with van der Waals surface area (Å²) >= 11 is 5.37. The molecule has 0 amide bonds. The first kappa shape index (κ1) is 26.0. The third-order valence-electron chi connectivity index (χ3n) is 7.73. The molecule has 0 spiro atoms. The van der Waals surface area contributed by atoms with Crippen molar-refractivity contribution in [3.8, 4) is 37.1 Å². The molecule has 0 saturated heterocycles. The molecule has 0 bridgehead atoms. The maximum absolute atomic E-state index is 6.88. The highest BCUT2D eigenvalue weighted by Gasteiger charge is 2.37. The molecule has 4 heteroatoms. The summed E-state index contributed by atoms with van der Waals surface area (Å²) in [6.07, 6.45) is 4.41. The van der Waals surface area contributed by atoms with Crippen molar-refractivity contribution in [1.29, 1.82) is 0 Å². The van der Waals surface area contributed by atoms with E-state index in [1.807, 2.05) is 23.5 Å². The third kappa shape index (κ3) is 4.82. The van der Waals surface area contributed by atoms with Crippen LogP contribution in [0.15, 0.2) is 139 Å². The number of thiophene rings is 3. The Morgan fingerprint density at radius 1 is 0.581 bits per heavy atom. The molecule has 1 nitrogen and oxygen atoms in total. The summed E-state index contributed by atoms with van der Waals surface area (Å²) in [7, 11) is 0. The summed E-state index contributed by atoms with van der Waals surface area (Å²) in [6, 6.07) is 44.6. The van der Waals surface area contributed by atoms with Gasteiger partial charge in [0.2, 0.25) is 0 Å². The molecule has 0 aliphatic carbocycles. The molecule has 0 saturated carbocycles. The van der Waals surface area contributed by atoms with Crippen LogP contribution in [0.4, 0.5) is 0 Å². The quantitative estimate of drug-likeness (QED) is 0.182. The predicted octanol–water partition coefficient (Wildman–Crippen LogP) is 11.1. The van der Waals surface area contributed by atoms with Crippen molar-refractivity contribution in [2.24, 2.45) is 0 Å². The molecule has 0 atom stereocenters. The summed E-state index contributed by atoms with van der Waals surface area (Å²) < 4.78 is 6.88. The Balaban J connectivity index is 1.08. The topological polar surface area (TPSA) is 9.23 Å². The lowest BCUT2D eigenvalue weighted by molar-refractivity contribution is 0.161. The van der Waals surface area contributed by atoms with Crippen LogP contribution >= 0.6 is 34.0 Å². The molecule has 0 unspecified atom stereocenters. The van der Waals surface area contributed by atoms with Gasteiger partial charge in [0.1, 0.15) is 5.75 Å². The number of benzene rings is 4. The van der Waals surface area contributed by atoms with Crippen molar-refractivity contribution in [3.63, 3.8) is 0 Å². The summed E-state index contributed by atoms with van der Waals surface area (Å²) in [5.41, 5.74) is 3.63. The standard InChI is InChI=1S/C39H24OS3/c1-3-8-29(9-4-1)39(30-10-5-2-6-11-30)24-23-33-32-18-14-27(26-28(32)15-19-34(33)40-39)13-16-31-17-20-37(42-31)38-22-21-36(43-38)35-12-7-25-41-35/h1-12,14-15,17-26H. The summed E-state index contributed by atoms with van der Waals surface area (Å²) in [5, 5.41) is 4.44. The molecule has 4 heterocycles. The van der Waals surface area contributed by atoms with Crippen molar-refractivity contribution in [3.05, 3.63) is 166 Å². The van der Waals surface area contributed by atoms with Crippen molar-refractivity contribution in [2.45, 2.75) is 5.60 Å². The van der Waals surface area contributed by atoms with E-state index in [0.717, 1.165) is 43.7 Å². The first-order valence-corrected chi connectivity index (χ1v) is 16.6. The highest BCUT2D eigenvalue weighted by molar-refractivity contribution is 7.26. The van der Waals surface area contributed by atoms with Crippen molar-refractivity contribution >= 4 is 50.9 Å². The molecule has 8 rings (SSSR count). The molecule has 0 fully saturated rings. The second kappa shape index (κ2) is 10.9. The van der Waals surface area contributed by atoms with Crippen LogP contribution in [0.1, 0.15) is 27.1 Å². The fraction of sp³-hybridized carbons (Fsp3) is 0.0256. The maximum atomic E-state index is 6.88. The summed E-state index contributed by atoms with van der Waals surface area (Å²) in [5.74, 6) is 7.67. The number of hydrogen-bond acceptors (Lipinski definition) is 4. The van der Waals surface area contributed by atoms with E-state index in [9.17, 15) is 0 Å². The normalized spacial score (nSPS) is 13.2. The lowest BCUT2D eigenvalue weighted by Crippen LogP contribution is -2.34. The van der Waals surface area contributed by atoms with E-state index in [0.29, 0.717) is 0 Å². The van der Waals surface area contributed by atoms with Gasteiger partial charge in [-0.1, -0.05) is 90.7 Å². The molecular formula is C39H24OS3. The van der Waals surface area contributed by atoms with E-state index in [4.69, 9.17) is 4.74 Å². The van der Waals surface area contributed by atoms with E-state index in [1.165, 1.54) is 19.5 Å². The zero-order chi connectivity index (χ0) is 28.6. The minimum Gasteiger partial charge on any atom is -0.473 e. The van der Waals surface area contributed by atoms with Gasteiger partial charge in [0.15, 0.2) is 5.60 Å². The molecule has 1 aliphatic heterocycles. The molecule has 7 aromatic rings. The van der Waals surface area contributed by atoms with E-state index < -0.39 is 5.60 Å². The summed E-state index contributed by atoms with van der Waals surface area (Å²) in [6.45, 7) is 0. The minimum atomic E-state index is -0.678. The molecule has 3 aromatic heterocycles. The zero-order valence-electron chi connectivity index (χ0n) is 23.0. The van der Waals surface area contributed by atoms with Crippen LogP contribution in [-0.2, 0) is 5.60 Å². The monoisotopic (exact) mass is 604 g/mol. The Labute approximate surface area is 263 Å². The Hall–Kier alpha value is -4.66. The van der Waals surface area contributed by atoms with Gasteiger partial charge < -0.3 is 4.74 Å². The second-order valence-electron chi connectivity index (χ2n) is 10.4. The smallest absolute Gasteiger partial charge is 0.178 e. The van der Waals surface area contributed by atoms with Crippen LogP contribution in [0.5, 0.6) is 5.75 Å². The predicted molar refractivity (Wildman–Crippen MR) is 184 cm³/mol. The average molecular weight is 605 g/mol. The number of fused-ring (bicyclic) bond motifs is 3. The van der Waals surface area contributed by atoms with Crippen molar-refractivity contribution in [2.75, 3.05) is 0 Å². The van der Waals surface area contributed by atoms with E-state index in [-0.39, 0.29) is 0 Å². The molecule has 204 valence electrons. The van der Waals surface area contributed by atoms with Gasteiger partial charge in [0, 0.05) is 41.8 Å². The van der Waals surface area contributed by atoms with Gasteiger partial charge in [-0.05, 0) is 76.8 Å². The van der Waals surface area contributed by atoms with E-state index >= 15 is 0 Å². The van der Waals surface area contributed by atoms with Crippen LogP contribution in [0.3, 0.4) is 0 Å². The molecule has 0 radical (unpaired) electrons. The molecular weight excluding hydrogens is 581 g/mol. The van der Waals surface area contributed by atoms with Crippen molar-refractivity contribution in [1.82, 2.24) is 0 Å². The lowest BCUT2D eigenvalue weighted by Gasteiger charge is -2.36. The Bertz CT molecular complexity index is 2110. The van der Waals surface area contributed by atoms with Crippen molar-refractivity contribution < 1.29 is 4.74 Å². The Morgan fingerprint density at radius 2 is 1.30 bits per heavy atom. The van der Waals surface area contributed by atoms with Crippen LogP contribution in [0.2, 0.25) is 0 Å². The molecule has 1 aliphatic rings. The van der Waals surface area contributed by atoms with Crippen LogP contribution < -0.4 is 4.74 Å². The fourth-order valence-electron chi connectivity index (χ4n) is 5.62. The van der Waals surface area contributed by atoms with Crippen LogP contribution in [-0.4, -0.2) is 0 Å². The second-order valence-corrected chi connectivity index (χ2v) is 13.5. The molecule has 0 N–H and O–H groups in total.